The van der Waals surface area contributed by atoms with E-state index >= 15 is 0 Å². The fraction of sp³-hybridized carbons (Fsp3) is 0.231. The van der Waals surface area contributed by atoms with E-state index in [0.717, 1.165) is 6.42 Å². The van der Waals surface area contributed by atoms with Crippen molar-refractivity contribution >= 4 is 22.6 Å². The van der Waals surface area contributed by atoms with Gasteiger partial charge in [-0.15, -0.1) is 0 Å². The maximum absolute atomic E-state index is 2.37. The number of allylic oxidation sites excluding steroid dienone is 4. The van der Waals surface area contributed by atoms with Crippen LogP contribution in [0.1, 0.15) is 18.9 Å². The molecule has 0 aromatic heterocycles. The maximum Gasteiger partial charge on any atom is 0.0142 e. The fourth-order valence-corrected chi connectivity index (χ4v) is 2.33. The van der Waals surface area contributed by atoms with Gasteiger partial charge in [-0.2, -0.15) is 0 Å². The lowest BCUT2D eigenvalue weighted by Crippen LogP contribution is -2.19. The average Bonchev–Trinajstić information content (AvgIpc) is 2.19. The Morgan fingerprint density at radius 3 is 2.79 bits per heavy atom. The number of halogens is 1. The van der Waals surface area contributed by atoms with Crippen LogP contribution < -0.4 is 0 Å². The highest BCUT2D eigenvalue weighted by Gasteiger charge is 2.23. The summed E-state index contributed by atoms with van der Waals surface area (Å²) < 4.78 is 1.31. The standard InChI is InChI=1S/C13H13I/c1-13(8-3-2-4-9-13)11-6-5-7-12(14)10-11/h2-8,10H,9H2,1H3. The predicted octanol–water partition coefficient (Wildman–Crippen LogP) is 4.07. The zero-order valence-electron chi connectivity index (χ0n) is 8.20. The Morgan fingerprint density at radius 2 is 2.14 bits per heavy atom. The van der Waals surface area contributed by atoms with Crippen LogP contribution in [-0.4, -0.2) is 0 Å². The molecule has 72 valence electrons. The van der Waals surface area contributed by atoms with E-state index < -0.39 is 0 Å². The molecule has 1 unspecified atom stereocenters. The Labute approximate surface area is 98.9 Å². The lowest BCUT2D eigenvalue weighted by Gasteiger charge is -2.27. The molecule has 1 aromatic carbocycles. The minimum atomic E-state index is 0.190. The number of hydrogen-bond donors (Lipinski definition) is 0. The second-order valence-corrected chi connectivity index (χ2v) is 5.16. The molecule has 1 aliphatic rings. The van der Waals surface area contributed by atoms with Crippen molar-refractivity contribution in [3.8, 4) is 0 Å². The highest BCUT2D eigenvalue weighted by Crippen LogP contribution is 2.32. The zero-order valence-corrected chi connectivity index (χ0v) is 10.4. The summed E-state index contributed by atoms with van der Waals surface area (Å²) in [7, 11) is 0. The van der Waals surface area contributed by atoms with Crippen LogP contribution in [0.15, 0.2) is 48.6 Å². The molecule has 0 fully saturated rings. The number of hydrogen-bond acceptors (Lipinski definition) is 0. The molecule has 0 amide bonds. The van der Waals surface area contributed by atoms with Crippen LogP contribution in [-0.2, 0) is 5.41 Å². The average molecular weight is 296 g/mol. The van der Waals surface area contributed by atoms with Gasteiger partial charge in [-0.25, -0.2) is 0 Å². The summed E-state index contributed by atoms with van der Waals surface area (Å²) in [6, 6.07) is 8.75. The first kappa shape index (κ1) is 9.97. The van der Waals surface area contributed by atoms with Crippen molar-refractivity contribution in [3.05, 3.63) is 57.7 Å². The van der Waals surface area contributed by atoms with Crippen LogP contribution in [0.2, 0.25) is 0 Å². The Kier molecular flexibility index (Phi) is 2.77. The van der Waals surface area contributed by atoms with Gasteiger partial charge in [0.15, 0.2) is 0 Å². The van der Waals surface area contributed by atoms with E-state index in [1.54, 1.807) is 0 Å². The van der Waals surface area contributed by atoms with Crippen molar-refractivity contribution in [3.63, 3.8) is 0 Å². The highest BCUT2D eigenvalue weighted by molar-refractivity contribution is 14.1. The molecule has 14 heavy (non-hydrogen) atoms. The van der Waals surface area contributed by atoms with Gasteiger partial charge in [-0.05, 0) is 46.7 Å². The molecule has 0 radical (unpaired) electrons. The molecule has 0 aliphatic heterocycles. The molecular weight excluding hydrogens is 283 g/mol. The quantitative estimate of drug-likeness (QED) is 0.685. The van der Waals surface area contributed by atoms with Gasteiger partial charge in [-0.3, -0.25) is 0 Å². The van der Waals surface area contributed by atoms with Crippen LogP contribution in [0.4, 0.5) is 0 Å². The first-order valence-corrected chi connectivity index (χ1v) is 5.89. The van der Waals surface area contributed by atoms with Gasteiger partial charge in [0, 0.05) is 8.99 Å². The molecule has 0 N–H and O–H groups in total. The zero-order chi connectivity index (χ0) is 10.0. The summed E-state index contributed by atoms with van der Waals surface area (Å²) in [6.45, 7) is 2.29. The smallest absolute Gasteiger partial charge is 0.0142 e. The molecule has 0 heterocycles. The van der Waals surface area contributed by atoms with Crippen LogP contribution in [0.3, 0.4) is 0 Å². The van der Waals surface area contributed by atoms with E-state index in [1.807, 2.05) is 0 Å². The third kappa shape index (κ3) is 1.92. The molecule has 0 nitrogen and oxygen atoms in total. The van der Waals surface area contributed by atoms with E-state index in [0.29, 0.717) is 0 Å². The summed E-state index contributed by atoms with van der Waals surface area (Å²) in [5, 5.41) is 0. The van der Waals surface area contributed by atoms with Gasteiger partial charge in [0.05, 0.1) is 0 Å². The molecule has 1 heteroatoms. The van der Waals surface area contributed by atoms with Crippen molar-refractivity contribution in [2.24, 2.45) is 0 Å². The summed E-state index contributed by atoms with van der Waals surface area (Å²) in [5.41, 5.74) is 1.60. The Bertz CT molecular complexity index is 390. The molecule has 2 rings (SSSR count). The number of benzene rings is 1. The van der Waals surface area contributed by atoms with E-state index in [1.165, 1.54) is 9.13 Å². The van der Waals surface area contributed by atoms with Gasteiger partial charge in [0.1, 0.15) is 0 Å². The van der Waals surface area contributed by atoms with Crippen molar-refractivity contribution < 1.29 is 0 Å². The normalized spacial score (nSPS) is 25.3. The summed E-state index contributed by atoms with van der Waals surface area (Å²) >= 11 is 2.37. The minimum Gasteiger partial charge on any atom is -0.0834 e. The first-order chi connectivity index (χ1) is 6.71. The largest absolute Gasteiger partial charge is 0.0834 e. The molecular formula is C13H13I. The van der Waals surface area contributed by atoms with Gasteiger partial charge >= 0.3 is 0 Å². The van der Waals surface area contributed by atoms with Gasteiger partial charge < -0.3 is 0 Å². The van der Waals surface area contributed by atoms with Crippen molar-refractivity contribution in [1.29, 1.82) is 0 Å². The molecule has 1 aromatic rings. The fourth-order valence-electron chi connectivity index (χ4n) is 1.79. The van der Waals surface area contributed by atoms with Crippen LogP contribution in [0.25, 0.3) is 0 Å². The van der Waals surface area contributed by atoms with E-state index in [-0.39, 0.29) is 5.41 Å². The van der Waals surface area contributed by atoms with Gasteiger partial charge in [-0.1, -0.05) is 43.4 Å². The summed E-state index contributed by atoms with van der Waals surface area (Å²) in [6.07, 6.45) is 9.89. The maximum atomic E-state index is 2.37. The van der Waals surface area contributed by atoms with Gasteiger partial charge in [0.25, 0.3) is 0 Å². The predicted molar refractivity (Wildman–Crippen MR) is 69.4 cm³/mol. The van der Waals surface area contributed by atoms with Crippen LogP contribution >= 0.6 is 22.6 Å². The summed E-state index contributed by atoms with van der Waals surface area (Å²) in [4.78, 5) is 0. The second kappa shape index (κ2) is 3.89. The molecule has 0 spiro atoms. The van der Waals surface area contributed by atoms with E-state index in [9.17, 15) is 0 Å². The molecule has 0 saturated carbocycles. The lowest BCUT2D eigenvalue weighted by atomic mass is 9.77. The van der Waals surface area contributed by atoms with Crippen molar-refractivity contribution in [2.75, 3.05) is 0 Å². The minimum absolute atomic E-state index is 0.190. The topological polar surface area (TPSA) is 0 Å². The molecule has 0 bridgehead atoms. The van der Waals surface area contributed by atoms with Crippen LogP contribution in [0, 0.1) is 3.57 Å². The summed E-state index contributed by atoms with van der Waals surface area (Å²) in [5.74, 6) is 0. The first-order valence-electron chi connectivity index (χ1n) is 4.81. The third-order valence-corrected chi connectivity index (χ3v) is 3.41. The monoisotopic (exact) mass is 296 g/mol. The van der Waals surface area contributed by atoms with E-state index in [2.05, 4.69) is 78.1 Å². The van der Waals surface area contributed by atoms with Gasteiger partial charge in [0.2, 0.25) is 0 Å². The number of rotatable bonds is 1. The molecule has 1 aliphatic carbocycles. The molecule has 0 saturated heterocycles. The highest BCUT2D eigenvalue weighted by atomic mass is 127. The van der Waals surface area contributed by atoms with Crippen LogP contribution in [0.5, 0.6) is 0 Å². The Balaban J connectivity index is 2.39. The lowest BCUT2D eigenvalue weighted by molar-refractivity contribution is 0.599. The van der Waals surface area contributed by atoms with Crippen molar-refractivity contribution in [2.45, 2.75) is 18.8 Å². The SMILES string of the molecule is CC1(c2cccc(I)c2)C=CC=CC1. The second-order valence-electron chi connectivity index (χ2n) is 3.92. The van der Waals surface area contributed by atoms with Crippen molar-refractivity contribution in [1.82, 2.24) is 0 Å². The third-order valence-electron chi connectivity index (χ3n) is 2.74. The Hall–Kier alpha value is -0.570. The Morgan fingerprint density at radius 1 is 1.29 bits per heavy atom. The molecule has 1 atom stereocenters. The van der Waals surface area contributed by atoms with E-state index in [4.69, 9.17) is 0 Å².